The van der Waals surface area contributed by atoms with Crippen molar-refractivity contribution < 1.29 is 23.9 Å². The van der Waals surface area contributed by atoms with Gasteiger partial charge in [0.05, 0.1) is 0 Å². The Morgan fingerprint density at radius 1 is 1.17 bits per heavy atom. The van der Waals surface area contributed by atoms with Gasteiger partial charge in [-0.2, -0.15) is 0 Å². The first kappa shape index (κ1) is 20.2. The fraction of sp³-hybridized carbons (Fsp3) is 0.348. The van der Waals surface area contributed by atoms with Gasteiger partial charge in [-0.05, 0) is 54.7 Å². The number of carboxylic acid groups (broad SMARTS) is 1. The minimum Gasteiger partial charge on any atom is -0.480 e. The number of hydrogen-bond donors (Lipinski definition) is 2. The van der Waals surface area contributed by atoms with E-state index >= 15 is 0 Å². The predicted octanol–water partition coefficient (Wildman–Crippen LogP) is 3.11. The van der Waals surface area contributed by atoms with Crippen LogP contribution in [-0.4, -0.2) is 34.8 Å². The molecule has 0 spiro atoms. The molecule has 0 saturated heterocycles. The normalized spacial score (nSPS) is 24.5. The van der Waals surface area contributed by atoms with Crippen LogP contribution in [0.2, 0.25) is 0 Å². The number of aliphatic carboxylic acids is 1. The second kappa shape index (κ2) is 7.65. The van der Waals surface area contributed by atoms with Crippen molar-refractivity contribution in [3.63, 3.8) is 0 Å². The van der Waals surface area contributed by atoms with Gasteiger partial charge in [0.15, 0.2) is 0 Å². The van der Waals surface area contributed by atoms with E-state index in [-0.39, 0.29) is 24.3 Å². The molecule has 4 atom stereocenters. The highest BCUT2D eigenvalue weighted by Gasteiger charge is 2.55. The van der Waals surface area contributed by atoms with Gasteiger partial charge in [-0.25, -0.2) is 4.39 Å². The summed E-state index contributed by atoms with van der Waals surface area (Å²) in [4.78, 5) is 38.6. The number of nitrogens with two attached hydrogens (primary N) is 1. The number of benzene rings is 2. The molecule has 2 aromatic rings. The first-order chi connectivity index (χ1) is 14.4. The molecule has 30 heavy (non-hydrogen) atoms. The van der Waals surface area contributed by atoms with Crippen LogP contribution < -0.4 is 10.6 Å². The van der Waals surface area contributed by atoms with E-state index in [0.29, 0.717) is 35.9 Å². The number of rotatable bonds is 5. The third-order valence-corrected chi connectivity index (χ3v) is 6.51. The zero-order chi connectivity index (χ0) is 21.5. The number of halogens is 1. The lowest BCUT2D eigenvalue weighted by Crippen LogP contribution is -2.60. The van der Waals surface area contributed by atoms with Crippen molar-refractivity contribution in [2.75, 3.05) is 4.90 Å². The Hall–Kier alpha value is -3.06. The largest absolute Gasteiger partial charge is 0.480 e. The van der Waals surface area contributed by atoms with Gasteiger partial charge in [-0.1, -0.05) is 24.6 Å². The van der Waals surface area contributed by atoms with Crippen LogP contribution in [0.3, 0.4) is 0 Å². The Kier molecular flexibility index (Phi) is 5.15. The third kappa shape index (κ3) is 3.10. The van der Waals surface area contributed by atoms with Crippen molar-refractivity contribution in [2.45, 2.75) is 43.2 Å². The molecule has 1 aliphatic heterocycles. The van der Waals surface area contributed by atoms with E-state index < -0.39 is 23.2 Å². The molecular weight excluding hydrogens is 387 g/mol. The van der Waals surface area contributed by atoms with E-state index in [0.717, 1.165) is 6.42 Å². The number of aldehydes is 1. The molecule has 0 bridgehead atoms. The monoisotopic (exact) mass is 410 g/mol. The highest BCUT2D eigenvalue weighted by molar-refractivity contribution is 6.07. The van der Waals surface area contributed by atoms with Crippen LogP contribution >= 0.6 is 0 Å². The first-order valence-corrected chi connectivity index (χ1v) is 10.0. The number of carbonyl (C=O) groups is 3. The zero-order valence-electron chi connectivity index (χ0n) is 16.3. The molecule has 1 aliphatic carbocycles. The van der Waals surface area contributed by atoms with Gasteiger partial charge in [0, 0.05) is 29.6 Å². The number of hydrogen-bond acceptors (Lipinski definition) is 4. The molecule has 4 rings (SSSR count). The molecule has 1 amide bonds. The Bertz CT molecular complexity index is 993. The average Bonchev–Trinajstić information content (AvgIpc) is 3.20. The lowest BCUT2D eigenvalue weighted by molar-refractivity contribution is -0.146. The van der Waals surface area contributed by atoms with Crippen LogP contribution in [0.4, 0.5) is 10.1 Å². The summed E-state index contributed by atoms with van der Waals surface area (Å²) in [6.45, 7) is 0. The van der Waals surface area contributed by atoms with E-state index in [2.05, 4.69) is 0 Å². The quantitative estimate of drug-likeness (QED) is 0.738. The Morgan fingerprint density at radius 3 is 2.53 bits per heavy atom. The lowest BCUT2D eigenvalue weighted by Gasteiger charge is -2.48. The van der Waals surface area contributed by atoms with Gasteiger partial charge in [-0.15, -0.1) is 0 Å². The fourth-order valence-corrected chi connectivity index (χ4v) is 5.19. The zero-order valence-corrected chi connectivity index (χ0v) is 16.3. The third-order valence-electron chi connectivity index (χ3n) is 6.51. The highest BCUT2D eigenvalue weighted by atomic mass is 19.1. The predicted molar refractivity (Wildman–Crippen MR) is 109 cm³/mol. The van der Waals surface area contributed by atoms with Gasteiger partial charge in [0.2, 0.25) is 0 Å². The van der Waals surface area contributed by atoms with Crippen molar-refractivity contribution in [3.8, 4) is 0 Å². The van der Waals surface area contributed by atoms with Gasteiger partial charge >= 0.3 is 5.97 Å². The number of fused-ring (bicyclic) bond motifs is 2. The summed E-state index contributed by atoms with van der Waals surface area (Å²) >= 11 is 0. The van der Waals surface area contributed by atoms with Gasteiger partial charge < -0.3 is 20.5 Å². The molecule has 7 heteroatoms. The number of carbonyl (C=O) groups excluding carboxylic acids is 2. The van der Waals surface area contributed by atoms with Crippen LogP contribution in [-0.2, 0) is 9.59 Å². The second-order valence-corrected chi connectivity index (χ2v) is 8.10. The van der Waals surface area contributed by atoms with Crippen molar-refractivity contribution in [1.82, 2.24) is 0 Å². The SMILES string of the molecule is NC(CC=O)(C(=O)O)C1c2ccccc2N(C(=O)c2ccc(F)cc2)C2CCCC21. The van der Waals surface area contributed by atoms with Crippen molar-refractivity contribution >= 4 is 23.9 Å². The van der Waals surface area contributed by atoms with Crippen LogP contribution in [0.5, 0.6) is 0 Å². The molecule has 1 heterocycles. The molecule has 3 N–H and O–H groups in total. The topological polar surface area (TPSA) is 101 Å². The molecule has 156 valence electrons. The van der Waals surface area contributed by atoms with E-state index in [1.54, 1.807) is 29.2 Å². The summed E-state index contributed by atoms with van der Waals surface area (Å²) in [6, 6.07) is 12.3. The summed E-state index contributed by atoms with van der Waals surface area (Å²) in [5.41, 5.74) is 6.23. The molecule has 2 aliphatic rings. The second-order valence-electron chi connectivity index (χ2n) is 8.10. The van der Waals surface area contributed by atoms with E-state index in [1.807, 2.05) is 0 Å². The van der Waals surface area contributed by atoms with Crippen molar-refractivity contribution in [1.29, 1.82) is 0 Å². The van der Waals surface area contributed by atoms with Gasteiger partial charge in [0.1, 0.15) is 17.6 Å². The van der Waals surface area contributed by atoms with Gasteiger partial charge in [-0.3, -0.25) is 9.59 Å². The number of nitrogens with zero attached hydrogens (tertiary/aromatic N) is 1. The smallest absolute Gasteiger partial charge is 0.324 e. The number of para-hydroxylation sites is 1. The fourth-order valence-electron chi connectivity index (χ4n) is 5.19. The van der Waals surface area contributed by atoms with Crippen molar-refractivity contribution in [2.24, 2.45) is 11.7 Å². The lowest BCUT2D eigenvalue weighted by atomic mass is 9.66. The highest BCUT2D eigenvalue weighted by Crippen LogP contribution is 2.53. The summed E-state index contributed by atoms with van der Waals surface area (Å²) < 4.78 is 13.4. The van der Waals surface area contributed by atoms with Crippen LogP contribution in [0.1, 0.15) is 47.5 Å². The summed E-state index contributed by atoms with van der Waals surface area (Å²) in [5.74, 6) is -2.69. The molecular formula is C23H23FN2O4. The molecule has 0 radical (unpaired) electrons. The van der Waals surface area contributed by atoms with Crippen LogP contribution in [0.25, 0.3) is 0 Å². The van der Waals surface area contributed by atoms with Crippen LogP contribution in [0.15, 0.2) is 48.5 Å². The van der Waals surface area contributed by atoms with Crippen LogP contribution in [0, 0.1) is 11.7 Å². The maximum atomic E-state index is 13.4. The maximum Gasteiger partial charge on any atom is 0.324 e. The van der Waals surface area contributed by atoms with Gasteiger partial charge in [0.25, 0.3) is 5.91 Å². The number of carboxylic acids is 1. The van der Waals surface area contributed by atoms with E-state index in [4.69, 9.17) is 5.73 Å². The molecule has 4 unspecified atom stereocenters. The van der Waals surface area contributed by atoms with Crippen molar-refractivity contribution in [3.05, 3.63) is 65.5 Å². The summed E-state index contributed by atoms with van der Waals surface area (Å²) in [6.07, 6.45) is 2.48. The average molecular weight is 410 g/mol. The van der Waals surface area contributed by atoms with E-state index in [1.165, 1.54) is 24.3 Å². The summed E-state index contributed by atoms with van der Waals surface area (Å²) in [5, 5.41) is 9.94. The number of amides is 1. The maximum absolute atomic E-state index is 13.4. The number of anilines is 1. The van der Waals surface area contributed by atoms with E-state index in [9.17, 15) is 23.9 Å². The Labute approximate surface area is 173 Å². The standard InChI is InChI=1S/C23H23FN2O4/c24-15-10-8-14(9-11-15)21(28)26-18-6-2-1-4-16(18)20(17-5-3-7-19(17)26)23(25,12-13-27)22(29)30/h1-2,4,6,8-11,13,17,19-20H,3,5,7,12,25H2,(H,29,30). The minimum absolute atomic E-state index is 0.189. The molecule has 1 saturated carbocycles. The Balaban J connectivity index is 1.86. The minimum atomic E-state index is -1.75. The molecule has 1 fully saturated rings. The molecule has 6 nitrogen and oxygen atoms in total. The Morgan fingerprint density at radius 2 is 1.87 bits per heavy atom. The molecule has 2 aromatic carbocycles. The first-order valence-electron chi connectivity index (χ1n) is 10.0. The molecule has 0 aromatic heterocycles. The summed E-state index contributed by atoms with van der Waals surface area (Å²) in [7, 11) is 0.